The van der Waals surface area contributed by atoms with Crippen molar-refractivity contribution in [3.8, 4) is 0 Å². The third-order valence-corrected chi connectivity index (χ3v) is 2.66. The van der Waals surface area contributed by atoms with Crippen molar-refractivity contribution in [3.05, 3.63) is 34.1 Å². The number of hydrogen-bond acceptors (Lipinski definition) is 2. The summed E-state index contributed by atoms with van der Waals surface area (Å²) in [6, 6.07) is 2.49. The largest absolute Gasteiger partial charge is 0.481 e. The van der Waals surface area contributed by atoms with Gasteiger partial charge in [0.1, 0.15) is 5.82 Å². The van der Waals surface area contributed by atoms with Gasteiger partial charge in [-0.15, -0.1) is 0 Å². The number of carbonyl (C=O) groups is 2. The minimum Gasteiger partial charge on any atom is -0.481 e. The zero-order chi connectivity index (χ0) is 13.0. The molecule has 1 aromatic carbocycles. The highest BCUT2D eigenvalue weighted by Gasteiger charge is 2.13. The molecule has 17 heavy (non-hydrogen) atoms. The SMILES string of the molecule is Cc1cc(Cl)c(C(=O)CCCC(=O)O)cc1F. The van der Waals surface area contributed by atoms with Gasteiger partial charge in [0.2, 0.25) is 0 Å². The van der Waals surface area contributed by atoms with E-state index in [1.807, 2.05) is 0 Å². The van der Waals surface area contributed by atoms with E-state index in [9.17, 15) is 14.0 Å². The van der Waals surface area contributed by atoms with Gasteiger partial charge in [-0.05, 0) is 31.0 Å². The standard InChI is InChI=1S/C12H12ClFO3/c1-7-5-9(13)8(6-10(7)14)11(15)3-2-4-12(16)17/h5-6H,2-4H2,1H3,(H,16,17). The molecular formula is C12H12ClFO3. The zero-order valence-electron chi connectivity index (χ0n) is 9.30. The van der Waals surface area contributed by atoms with E-state index >= 15 is 0 Å². The monoisotopic (exact) mass is 258 g/mol. The van der Waals surface area contributed by atoms with Crippen LogP contribution in [0.25, 0.3) is 0 Å². The maximum atomic E-state index is 13.3. The predicted molar refractivity (Wildman–Crippen MR) is 62.0 cm³/mol. The van der Waals surface area contributed by atoms with Crippen LogP contribution in [0.4, 0.5) is 4.39 Å². The van der Waals surface area contributed by atoms with Crippen LogP contribution in [0.5, 0.6) is 0 Å². The van der Waals surface area contributed by atoms with Crippen molar-refractivity contribution in [1.29, 1.82) is 0 Å². The van der Waals surface area contributed by atoms with E-state index in [2.05, 4.69) is 0 Å². The molecule has 0 fully saturated rings. The van der Waals surface area contributed by atoms with Gasteiger partial charge in [-0.25, -0.2) is 4.39 Å². The average molecular weight is 259 g/mol. The van der Waals surface area contributed by atoms with Gasteiger partial charge in [-0.3, -0.25) is 9.59 Å². The van der Waals surface area contributed by atoms with E-state index in [4.69, 9.17) is 16.7 Å². The second-order valence-electron chi connectivity index (χ2n) is 3.75. The van der Waals surface area contributed by atoms with Crippen molar-refractivity contribution in [2.75, 3.05) is 0 Å². The highest BCUT2D eigenvalue weighted by molar-refractivity contribution is 6.34. The Morgan fingerprint density at radius 3 is 2.59 bits per heavy atom. The highest BCUT2D eigenvalue weighted by Crippen LogP contribution is 2.22. The quantitative estimate of drug-likeness (QED) is 0.825. The topological polar surface area (TPSA) is 54.4 Å². The van der Waals surface area contributed by atoms with Crippen molar-refractivity contribution in [2.45, 2.75) is 26.2 Å². The van der Waals surface area contributed by atoms with E-state index in [0.717, 1.165) is 6.07 Å². The first-order valence-electron chi connectivity index (χ1n) is 5.12. The molecule has 92 valence electrons. The molecule has 0 amide bonds. The molecule has 0 saturated carbocycles. The Hall–Kier alpha value is -1.42. The summed E-state index contributed by atoms with van der Waals surface area (Å²) < 4.78 is 13.3. The summed E-state index contributed by atoms with van der Waals surface area (Å²) in [5, 5.41) is 8.63. The lowest BCUT2D eigenvalue weighted by Gasteiger charge is -2.05. The fourth-order valence-electron chi connectivity index (χ4n) is 1.39. The Labute approximate surface area is 103 Å². The summed E-state index contributed by atoms with van der Waals surface area (Å²) in [6.07, 6.45) is 0.187. The Kier molecular flexibility index (Phi) is 4.63. The molecule has 5 heteroatoms. The smallest absolute Gasteiger partial charge is 0.303 e. The van der Waals surface area contributed by atoms with Crippen LogP contribution in [0.15, 0.2) is 12.1 Å². The number of carbonyl (C=O) groups excluding carboxylic acids is 1. The normalized spacial score (nSPS) is 10.3. The van der Waals surface area contributed by atoms with Gasteiger partial charge in [-0.1, -0.05) is 11.6 Å². The number of halogens is 2. The van der Waals surface area contributed by atoms with Crippen molar-refractivity contribution in [2.24, 2.45) is 0 Å². The molecule has 3 nitrogen and oxygen atoms in total. The lowest BCUT2D eigenvalue weighted by atomic mass is 10.0. The zero-order valence-corrected chi connectivity index (χ0v) is 10.1. The summed E-state index contributed by atoms with van der Waals surface area (Å²) in [5.74, 6) is -1.79. The fraction of sp³-hybridized carbons (Fsp3) is 0.333. The Morgan fingerprint density at radius 2 is 2.00 bits per heavy atom. The van der Waals surface area contributed by atoms with Crippen LogP contribution in [-0.2, 0) is 4.79 Å². The third kappa shape index (κ3) is 3.82. The van der Waals surface area contributed by atoms with Gasteiger partial charge in [0.25, 0.3) is 0 Å². The summed E-state index contributed by atoms with van der Waals surface area (Å²) in [6.45, 7) is 1.56. The molecule has 0 aliphatic rings. The van der Waals surface area contributed by atoms with Crippen LogP contribution in [0.1, 0.15) is 35.2 Å². The first-order chi connectivity index (χ1) is 7.91. The molecule has 0 aliphatic heterocycles. The van der Waals surface area contributed by atoms with Crippen molar-refractivity contribution in [3.63, 3.8) is 0 Å². The molecule has 0 radical (unpaired) electrons. The van der Waals surface area contributed by atoms with Crippen LogP contribution in [0, 0.1) is 12.7 Å². The lowest BCUT2D eigenvalue weighted by Crippen LogP contribution is -2.03. The molecule has 0 aromatic heterocycles. The Morgan fingerprint density at radius 1 is 1.35 bits per heavy atom. The van der Waals surface area contributed by atoms with Gasteiger partial charge < -0.3 is 5.11 Å². The molecule has 0 saturated heterocycles. The van der Waals surface area contributed by atoms with Crippen LogP contribution >= 0.6 is 11.6 Å². The Bertz CT molecular complexity index is 457. The van der Waals surface area contributed by atoms with Crippen molar-refractivity contribution < 1.29 is 19.1 Å². The van der Waals surface area contributed by atoms with E-state index in [1.54, 1.807) is 6.92 Å². The minimum absolute atomic E-state index is 0.0501. The van der Waals surface area contributed by atoms with Crippen LogP contribution in [0.3, 0.4) is 0 Å². The number of rotatable bonds is 5. The van der Waals surface area contributed by atoms with Crippen molar-refractivity contribution >= 4 is 23.4 Å². The first kappa shape index (κ1) is 13.6. The maximum absolute atomic E-state index is 13.3. The van der Waals surface area contributed by atoms with E-state index in [0.29, 0.717) is 5.56 Å². The van der Waals surface area contributed by atoms with Gasteiger partial charge >= 0.3 is 5.97 Å². The second kappa shape index (κ2) is 5.77. The number of Topliss-reactive ketones (excluding diaryl/α,β-unsaturated/α-hetero) is 1. The molecule has 0 atom stereocenters. The number of carboxylic acids is 1. The number of aliphatic carboxylic acids is 1. The molecular weight excluding hydrogens is 247 g/mol. The molecule has 0 bridgehead atoms. The molecule has 0 unspecified atom stereocenters. The van der Waals surface area contributed by atoms with Crippen LogP contribution in [0.2, 0.25) is 5.02 Å². The second-order valence-corrected chi connectivity index (χ2v) is 4.16. The van der Waals surface area contributed by atoms with Crippen molar-refractivity contribution in [1.82, 2.24) is 0 Å². The fourth-order valence-corrected chi connectivity index (χ4v) is 1.72. The number of hydrogen-bond donors (Lipinski definition) is 1. The number of benzene rings is 1. The number of ketones is 1. The van der Waals surface area contributed by atoms with Gasteiger partial charge in [0.05, 0.1) is 5.02 Å². The highest BCUT2D eigenvalue weighted by atomic mass is 35.5. The van der Waals surface area contributed by atoms with Gasteiger partial charge in [0.15, 0.2) is 5.78 Å². The molecule has 0 aliphatic carbocycles. The predicted octanol–water partition coefficient (Wildman–Crippen LogP) is 3.23. The Balaban J connectivity index is 2.75. The van der Waals surface area contributed by atoms with Crippen LogP contribution < -0.4 is 0 Å². The maximum Gasteiger partial charge on any atom is 0.303 e. The van der Waals surface area contributed by atoms with Crippen LogP contribution in [-0.4, -0.2) is 16.9 Å². The number of aryl methyl sites for hydroxylation is 1. The van der Waals surface area contributed by atoms with Gasteiger partial charge in [0, 0.05) is 18.4 Å². The summed E-state index contributed by atoms with van der Waals surface area (Å²) >= 11 is 5.83. The first-order valence-corrected chi connectivity index (χ1v) is 5.50. The third-order valence-electron chi connectivity index (χ3n) is 2.34. The minimum atomic E-state index is -0.959. The average Bonchev–Trinajstić information content (AvgIpc) is 2.22. The summed E-state index contributed by atoms with van der Waals surface area (Å²) in [7, 11) is 0. The molecule has 1 N–H and O–H groups in total. The van der Waals surface area contributed by atoms with E-state index in [1.165, 1.54) is 6.07 Å². The lowest BCUT2D eigenvalue weighted by molar-refractivity contribution is -0.137. The summed E-state index contributed by atoms with van der Waals surface area (Å²) in [5.41, 5.74) is 0.484. The molecule has 0 heterocycles. The molecule has 1 aromatic rings. The number of carboxylic acid groups (broad SMARTS) is 1. The van der Waals surface area contributed by atoms with E-state index in [-0.39, 0.29) is 35.6 Å². The molecule has 1 rings (SSSR count). The van der Waals surface area contributed by atoms with E-state index < -0.39 is 11.8 Å². The molecule has 0 spiro atoms. The van der Waals surface area contributed by atoms with Gasteiger partial charge in [-0.2, -0.15) is 0 Å². The summed E-state index contributed by atoms with van der Waals surface area (Å²) in [4.78, 5) is 22.0.